The minimum atomic E-state index is -4.76. The van der Waals surface area contributed by atoms with Gasteiger partial charge in [-0.2, -0.15) is 0 Å². The van der Waals surface area contributed by atoms with E-state index in [1.807, 2.05) is 0 Å². The molecule has 0 saturated heterocycles. The summed E-state index contributed by atoms with van der Waals surface area (Å²) in [4.78, 5) is 12.0. The van der Waals surface area contributed by atoms with Crippen molar-refractivity contribution >= 4 is 5.78 Å². The predicted octanol–water partition coefficient (Wildman–Crippen LogP) is 5.62. The molecule has 0 aliphatic heterocycles. The summed E-state index contributed by atoms with van der Waals surface area (Å²) in [7, 11) is 0. The molecular weight excluding hydrogens is 390 g/mol. The highest BCUT2D eigenvalue weighted by atomic mass is 19.4. The number of carbonyl (C=O) groups excluding carboxylic acids is 1. The number of Topliss-reactive ketones (excluding diaryl/α,β-unsaturated/α-hetero) is 1. The van der Waals surface area contributed by atoms with Gasteiger partial charge in [-0.25, -0.2) is 0 Å². The molecule has 0 amide bonds. The van der Waals surface area contributed by atoms with Crippen molar-refractivity contribution in [2.75, 3.05) is 0 Å². The van der Waals surface area contributed by atoms with Crippen molar-refractivity contribution in [3.63, 3.8) is 0 Å². The maximum atomic E-state index is 12.1. The summed E-state index contributed by atoms with van der Waals surface area (Å²) >= 11 is 0. The van der Waals surface area contributed by atoms with Crippen molar-refractivity contribution in [3.8, 4) is 11.5 Å². The number of hydrogen-bond donors (Lipinski definition) is 0. The summed E-state index contributed by atoms with van der Waals surface area (Å²) in [6, 6.07) is 10.5. The molecule has 0 aromatic heterocycles. The Labute approximate surface area is 156 Å². The van der Waals surface area contributed by atoms with E-state index in [1.165, 1.54) is 48.5 Å². The first kappa shape index (κ1) is 21.6. The normalized spacial score (nSPS) is 11.9. The second kappa shape index (κ2) is 8.99. The van der Waals surface area contributed by atoms with Crippen molar-refractivity contribution < 1.29 is 40.6 Å². The van der Waals surface area contributed by atoms with Gasteiger partial charge in [-0.3, -0.25) is 4.79 Å². The lowest BCUT2D eigenvalue weighted by molar-refractivity contribution is -0.275. The summed E-state index contributed by atoms with van der Waals surface area (Å²) in [6.45, 7) is 0. The molecule has 0 N–H and O–H groups in total. The van der Waals surface area contributed by atoms with Gasteiger partial charge < -0.3 is 9.47 Å². The molecule has 2 aromatic carbocycles. The first-order valence-electron chi connectivity index (χ1n) is 8.21. The third kappa shape index (κ3) is 8.32. The van der Waals surface area contributed by atoms with Gasteiger partial charge in [0, 0.05) is 12.8 Å². The van der Waals surface area contributed by atoms with Gasteiger partial charge in [-0.05, 0) is 48.2 Å². The quantitative estimate of drug-likeness (QED) is 0.534. The molecule has 152 valence electrons. The lowest BCUT2D eigenvalue weighted by Gasteiger charge is -2.09. The average molecular weight is 406 g/mol. The van der Waals surface area contributed by atoms with Crippen molar-refractivity contribution in [1.29, 1.82) is 0 Å². The lowest BCUT2D eigenvalue weighted by atomic mass is 10.0. The van der Waals surface area contributed by atoms with E-state index >= 15 is 0 Å². The van der Waals surface area contributed by atoms with Crippen LogP contribution in [0.4, 0.5) is 26.3 Å². The number of benzene rings is 2. The van der Waals surface area contributed by atoms with Gasteiger partial charge in [0.25, 0.3) is 0 Å². The molecule has 0 fully saturated rings. The Morgan fingerprint density at radius 2 is 0.964 bits per heavy atom. The van der Waals surface area contributed by atoms with E-state index in [4.69, 9.17) is 0 Å². The Hall–Kier alpha value is -2.71. The second-order valence-electron chi connectivity index (χ2n) is 5.92. The SMILES string of the molecule is O=C(CCc1ccc(OC(F)(F)F)cc1)CCc1ccc(OC(F)(F)F)cc1. The van der Waals surface area contributed by atoms with E-state index in [9.17, 15) is 31.1 Å². The van der Waals surface area contributed by atoms with Crippen LogP contribution in [0.2, 0.25) is 0 Å². The molecule has 0 saturated carbocycles. The molecule has 0 heterocycles. The largest absolute Gasteiger partial charge is 0.573 e. The Morgan fingerprint density at radius 1 is 0.643 bits per heavy atom. The Kier molecular flexibility index (Phi) is 6.93. The van der Waals surface area contributed by atoms with Gasteiger partial charge in [0.2, 0.25) is 0 Å². The van der Waals surface area contributed by atoms with Crippen LogP contribution in [0.3, 0.4) is 0 Å². The molecule has 9 heteroatoms. The molecule has 0 bridgehead atoms. The zero-order chi connectivity index (χ0) is 20.8. The monoisotopic (exact) mass is 406 g/mol. The Balaban J connectivity index is 1.75. The summed E-state index contributed by atoms with van der Waals surface area (Å²) in [6.07, 6.45) is -8.38. The molecule has 0 atom stereocenters. The van der Waals surface area contributed by atoms with Crippen LogP contribution < -0.4 is 9.47 Å². The zero-order valence-electron chi connectivity index (χ0n) is 14.4. The standard InChI is InChI=1S/C19H16F6O3/c20-18(21,22)27-16-9-3-13(4-10-16)1-7-15(26)8-2-14-5-11-17(12-6-14)28-19(23,24)25/h3-6,9-12H,1-2,7-8H2. The molecule has 0 spiro atoms. The second-order valence-corrected chi connectivity index (χ2v) is 5.92. The van der Waals surface area contributed by atoms with E-state index in [1.54, 1.807) is 0 Å². The fourth-order valence-corrected chi connectivity index (χ4v) is 2.41. The van der Waals surface area contributed by atoms with E-state index in [0.29, 0.717) is 24.0 Å². The molecule has 3 nitrogen and oxygen atoms in total. The summed E-state index contributed by atoms with van der Waals surface area (Å²) in [5.74, 6) is -0.729. The van der Waals surface area contributed by atoms with Gasteiger partial charge in [0.05, 0.1) is 0 Å². The third-order valence-corrected chi connectivity index (χ3v) is 3.70. The van der Waals surface area contributed by atoms with Crippen LogP contribution in [0, 0.1) is 0 Å². The number of ether oxygens (including phenoxy) is 2. The maximum absolute atomic E-state index is 12.1. The van der Waals surface area contributed by atoms with E-state index < -0.39 is 12.7 Å². The predicted molar refractivity (Wildman–Crippen MR) is 87.9 cm³/mol. The van der Waals surface area contributed by atoms with Crippen LogP contribution >= 0.6 is 0 Å². The molecule has 0 aliphatic carbocycles. The van der Waals surface area contributed by atoms with Crippen molar-refractivity contribution in [2.45, 2.75) is 38.4 Å². The Morgan fingerprint density at radius 3 is 1.25 bits per heavy atom. The number of ketones is 1. The van der Waals surface area contributed by atoms with Gasteiger partial charge in [-0.15, -0.1) is 26.3 Å². The lowest BCUT2D eigenvalue weighted by Crippen LogP contribution is -2.17. The maximum Gasteiger partial charge on any atom is 0.573 e. The Bertz CT molecular complexity index is 699. The van der Waals surface area contributed by atoms with Gasteiger partial charge in [0.15, 0.2) is 0 Å². The minimum Gasteiger partial charge on any atom is -0.406 e. The van der Waals surface area contributed by atoms with Gasteiger partial charge in [0.1, 0.15) is 17.3 Å². The zero-order valence-corrected chi connectivity index (χ0v) is 14.4. The molecule has 0 unspecified atom stereocenters. The first-order valence-corrected chi connectivity index (χ1v) is 8.21. The van der Waals surface area contributed by atoms with Crippen LogP contribution in [-0.4, -0.2) is 18.5 Å². The number of aryl methyl sites for hydroxylation is 2. The molecular formula is C19H16F6O3. The fraction of sp³-hybridized carbons (Fsp3) is 0.316. The highest BCUT2D eigenvalue weighted by Gasteiger charge is 2.31. The molecule has 0 radical (unpaired) electrons. The molecule has 28 heavy (non-hydrogen) atoms. The number of alkyl halides is 6. The van der Waals surface area contributed by atoms with Crippen molar-refractivity contribution in [2.24, 2.45) is 0 Å². The van der Waals surface area contributed by atoms with Crippen LogP contribution in [0.25, 0.3) is 0 Å². The third-order valence-electron chi connectivity index (χ3n) is 3.70. The van der Waals surface area contributed by atoms with E-state index in [2.05, 4.69) is 9.47 Å². The van der Waals surface area contributed by atoms with Crippen LogP contribution in [-0.2, 0) is 17.6 Å². The summed E-state index contributed by atoms with van der Waals surface area (Å²) < 4.78 is 80.1. The number of hydrogen-bond acceptors (Lipinski definition) is 3. The highest BCUT2D eigenvalue weighted by Crippen LogP contribution is 2.24. The van der Waals surface area contributed by atoms with E-state index in [-0.39, 0.29) is 30.1 Å². The number of carbonyl (C=O) groups is 1. The highest BCUT2D eigenvalue weighted by molar-refractivity contribution is 5.78. The number of rotatable bonds is 8. The van der Waals surface area contributed by atoms with Crippen LogP contribution in [0.5, 0.6) is 11.5 Å². The summed E-state index contributed by atoms with van der Waals surface area (Å²) in [5, 5.41) is 0. The number of halogens is 6. The van der Waals surface area contributed by atoms with Crippen LogP contribution in [0.1, 0.15) is 24.0 Å². The minimum absolute atomic E-state index is 0.0637. The molecule has 0 aliphatic rings. The van der Waals surface area contributed by atoms with Gasteiger partial charge in [-0.1, -0.05) is 24.3 Å². The van der Waals surface area contributed by atoms with Gasteiger partial charge >= 0.3 is 12.7 Å². The molecule has 2 rings (SSSR count). The summed E-state index contributed by atoms with van der Waals surface area (Å²) in [5.41, 5.74) is 1.38. The first-order chi connectivity index (χ1) is 13.0. The smallest absolute Gasteiger partial charge is 0.406 e. The van der Waals surface area contributed by atoms with Crippen LogP contribution in [0.15, 0.2) is 48.5 Å². The van der Waals surface area contributed by atoms with Crippen molar-refractivity contribution in [1.82, 2.24) is 0 Å². The van der Waals surface area contributed by atoms with E-state index in [0.717, 1.165) is 0 Å². The molecule has 2 aromatic rings. The topological polar surface area (TPSA) is 35.5 Å². The average Bonchev–Trinajstić information content (AvgIpc) is 2.58. The fourth-order valence-electron chi connectivity index (χ4n) is 2.41. The van der Waals surface area contributed by atoms with Crippen molar-refractivity contribution in [3.05, 3.63) is 59.7 Å².